The molecule has 7 heteroatoms. The number of hydrogen-bond acceptors (Lipinski definition) is 5. The third kappa shape index (κ3) is 5.72. The summed E-state index contributed by atoms with van der Waals surface area (Å²) in [6, 6.07) is 12.3. The van der Waals surface area contributed by atoms with E-state index in [-0.39, 0.29) is 36.2 Å². The summed E-state index contributed by atoms with van der Waals surface area (Å²) in [6.45, 7) is 4.57. The van der Waals surface area contributed by atoms with E-state index in [1.165, 1.54) is 6.26 Å². The lowest BCUT2D eigenvalue weighted by Crippen LogP contribution is -2.44. The molecule has 0 saturated carbocycles. The molecule has 1 aromatic heterocycles. The van der Waals surface area contributed by atoms with Crippen LogP contribution >= 0.6 is 0 Å². The molecule has 30 heavy (non-hydrogen) atoms. The molecule has 1 N–H and O–H groups in total. The van der Waals surface area contributed by atoms with Gasteiger partial charge in [-0.05, 0) is 44.4 Å². The lowest BCUT2D eigenvalue weighted by Gasteiger charge is -2.31. The van der Waals surface area contributed by atoms with Gasteiger partial charge in [0.05, 0.1) is 24.8 Å². The number of nitrogens with one attached hydrogen (secondary N) is 1. The van der Waals surface area contributed by atoms with Crippen LogP contribution in [-0.4, -0.2) is 41.9 Å². The molecule has 160 valence electrons. The number of rotatable bonds is 7. The highest BCUT2D eigenvalue weighted by atomic mass is 16.5. The molecule has 1 fully saturated rings. The van der Waals surface area contributed by atoms with Gasteiger partial charge in [-0.3, -0.25) is 14.4 Å². The average Bonchev–Trinajstić information content (AvgIpc) is 3.28. The monoisotopic (exact) mass is 412 g/mol. The van der Waals surface area contributed by atoms with Crippen molar-refractivity contribution in [3.8, 4) is 0 Å². The molecule has 0 aliphatic carbocycles. The van der Waals surface area contributed by atoms with Crippen LogP contribution in [0, 0.1) is 5.92 Å². The third-order valence-corrected chi connectivity index (χ3v) is 5.14. The van der Waals surface area contributed by atoms with Crippen LogP contribution in [0.25, 0.3) is 0 Å². The Kier molecular flexibility index (Phi) is 7.27. The lowest BCUT2D eigenvalue weighted by atomic mass is 9.94. The molecule has 0 radical (unpaired) electrons. The first kappa shape index (κ1) is 21.6. The number of likely N-dealkylation sites (tertiary alicyclic amines) is 1. The van der Waals surface area contributed by atoms with Crippen LogP contribution in [0.4, 0.5) is 0 Å². The van der Waals surface area contributed by atoms with Gasteiger partial charge in [-0.25, -0.2) is 0 Å². The minimum Gasteiger partial charge on any atom is -0.463 e. The summed E-state index contributed by atoms with van der Waals surface area (Å²) in [6.07, 6.45) is 2.47. The molecular weight excluding hydrogens is 384 g/mol. The van der Waals surface area contributed by atoms with E-state index in [1.54, 1.807) is 30.9 Å². The number of piperidine rings is 1. The third-order valence-electron chi connectivity index (χ3n) is 5.14. The molecular formula is C23H28N2O5. The molecule has 0 spiro atoms. The first-order valence-electron chi connectivity index (χ1n) is 10.3. The normalized spacial score (nSPS) is 15.6. The second-order valence-corrected chi connectivity index (χ2v) is 7.76. The summed E-state index contributed by atoms with van der Waals surface area (Å²) in [5.41, 5.74) is 0.858. The molecule has 1 atom stereocenters. The van der Waals surface area contributed by atoms with E-state index in [9.17, 15) is 14.4 Å². The van der Waals surface area contributed by atoms with Crippen LogP contribution in [0.15, 0.2) is 53.1 Å². The van der Waals surface area contributed by atoms with Crippen molar-refractivity contribution in [2.45, 2.75) is 45.3 Å². The van der Waals surface area contributed by atoms with E-state index in [1.807, 2.05) is 30.3 Å². The van der Waals surface area contributed by atoms with Gasteiger partial charge in [0.25, 0.3) is 5.91 Å². The molecule has 0 bridgehead atoms. The summed E-state index contributed by atoms with van der Waals surface area (Å²) in [5, 5.41) is 3.02. The van der Waals surface area contributed by atoms with Crippen molar-refractivity contribution in [3.63, 3.8) is 0 Å². The number of esters is 1. The Labute approximate surface area is 176 Å². The zero-order valence-electron chi connectivity index (χ0n) is 17.4. The van der Waals surface area contributed by atoms with Gasteiger partial charge in [0.2, 0.25) is 5.91 Å². The van der Waals surface area contributed by atoms with Gasteiger partial charge in [0, 0.05) is 19.0 Å². The molecule has 1 saturated heterocycles. The summed E-state index contributed by atoms with van der Waals surface area (Å²) < 4.78 is 10.4. The minimum atomic E-state index is -0.451. The van der Waals surface area contributed by atoms with Crippen LogP contribution in [-0.2, 0) is 14.3 Å². The van der Waals surface area contributed by atoms with E-state index in [2.05, 4.69) is 5.32 Å². The average molecular weight is 412 g/mol. The summed E-state index contributed by atoms with van der Waals surface area (Å²) >= 11 is 0. The number of nitrogens with zero attached hydrogens (tertiary/aromatic N) is 1. The van der Waals surface area contributed by atoms with Gasteiger partial charge in [-0.1, -0.05) is 30.3 Å². The predicted octanol–water partition coefficient (Wildman–Crippen LogP) is 3.33. The van der Waals surface area contributed by atoms with Gasteiger partial charge in [0.15, 0.2) is 5.76 Å². The standard InChI is InChI=1S/C23H28N2O5/c1-16(2)30-21(26)15-19(17-7-4-3-5-8-17)24-22(27)18-10-12-25(13-11-18)23(28)20-9-6-14-29-20/h3-9,14,16,18-19H,10-13,15H2,1-2H3,(H,24,27)/t19-/m0/s1. The first-order chi connectivity index (χ1) is 14.4. The minimum absolute atomic E-state index is 0.0732. The molecule has 3 rings (SSSR count). The predicted molar refractivity (Wildman–Crippen MR) is 111 cm³/mol. The number of carbonyl (C=O) groups is 3. The zero-order chi connectivity index (χ0) is 21.5. The van der Waals surface area contributed by atoms with Gasteiger partial charge < -0.3 is 19.4 Å². The quantitative estimate of drug-likeness (QED) is 0.705. The van der Waals surface area contributed by atoms with E-state index >= 15 is 0 Å². The molecule has 2 heterocycles. The van der Waals surface area contributed by atoms with Crippen molar-refractivity contribution in [1.29, 1.82) is 0 Å². The fraction of sp³-hybridized carbons (Fsp3) is 0.435. The van der Waals surface area contributed by atoms with Crippen LogP contribution < -0.4 is 5.32 Å². The zero-order valence-corrected chi connectivity index (χ0v) is 17.4. The van der Waals surface area contributed by atoms with E-state index < -0.39 is 6.04 Å². The number of amides is 2. The second kappa shape index (κ2) is 10.1. The smallest absolute Gasteiger partial charge is 0.308 e. The number of hydrogen-bond donors (Lipinski definition) is 1. The van der Waals surface area contributed by atoms with Crippen molar-refractivity contribution in [3.05, 3.63) is 60.1 Å². The summed E-state index contributed by atoms with van der Waals surface area (Å²) in [7, 11) is 0. The first-order valence-corrected chi connectivity index (χ1v) is 10.3. The fourth-order valence-corrected chi connectivity index (χ4v) is 3.61. The summed E-state index contributed by atoms with van der Waals surface area (Å²) in [4.78, 5) is 39.2. The van der Waals surface area contributed by atoms with Crippen molar-refractivity contribution in [1.82, 2.24) is 10.2 Å². The number of carbonyl (C=O) groups excluding carboxylic acids is 3. The van der Waals surface area contributed by atoms with Crippen molar-refractivity contribution in [2.24, 2.45) is 5.92 Å². The second-order valence-electron chi connectivity index (χ2n) is 7.76. The Hall–Kier alpha value is -3.09. The van der Waals surface area contributed by atoms with Crippen LogP contribution in [0.2, 0.25) is 0 Å². The maximum atomic E-state index is 12.9. The van der Waals surface area contributed by atoms with Gasteiger partial charge >= 0.3 is 5.97 Å². The van der Waals surface area contributed by atoms with Gasteiger partial charge in [-0.15, -0.1) is 0 Å². The highest BCUT2D eigenvalue weighted by molar-refractivity contribution is 5.91. The van der Waals surface area contributed by atoms with Crippen molar-refractivity contribution in [2.75, 3.05) is 13.1 Å². The van der Waals surface area contributed by atoms with Crippen molar-refractivity contribution >= 4 is 17.8 Å². The van der Waals surface area contributed by atoms with E-state index in [0.29, 0.717) is 31.7 Å². The summed E-state index contributed by atoms with van der Waals surface area (Å²) in [5.74, 6) is -0.509. The Morgan fingerprint density at radius 2 is 1.80 bits per heavy atom. The fourth-order valence-electron chi connectivity index (χ4n) is 3.61. The molecule has 2 amide bonds. The number of furan rings is 1. The molecule has 1 aliphatic heterocycles. The van der Waals surface area contributed by atoms with Crippen molar-refractivity contribution < 1.29 is 23.5 Å². The highest BCUT2D eigenvalue weighted by Crippen LogP contribution is 2.23. The Balaban J connectivity index is 1.59. The maximum Gasteiger partial charge on any atom is 0.308 e. The lowest BCUT2D eigenvalue weighted by molar-refractivity contribution is -0.148. The van der Waals surface area contributed by atoms with Gasteiger partial charge in [0.1, 0.15) is 0 Å². The number of ether oxygens (including phenoxy) is 1. The topological polar surface area (TPSA) is 88.9 Å². The molecule has 1 aliphatic rings. The Morgan fingerprint density at radius 1 is 1.10 bits per heavy atom. The van der Waals surface area contributed by atoms with Gasteiger partial charge in [-0.2, -0.15) is 0 Å². The van der Waals surface area contributed by atoms with E-state index in [0.717, 1.165) is 5.56 Å². The molecule has 0 unspecified atom stereocenters. The van der Waals surface area contributed by atoms with Crippen LogP contribution in [0.3, 0.4) is 0 Å². The van der Waals surface area contributed by atoms with E-state index in [4.69, 9.17) is 9.15 Å². The highest BCUT2D eigenvalue weighted by Gasteiger charge is 2.30. The van der Waals surface area contributed by atoms with Crippen LogP contribution in [0.1, 0.15) is 55.3 Å². The Bertz CT molecular complexity index is 840. The maximum absolute atomic E-state index is 12.9. The van der Waals surface area contributed by atoms with Crippen LogP contribution in [0.5, 0.6) is 0 Å². The molecule has 7 nitrogen and oxygen atoms in total. The molecule has 1 aromatic carbocycles. The SMILES string of the molecule is CC(C)OC(=O)C[C@H](NC(=O)C1CCN(C(=O)c2ccco2)CC1)c1ccccc1. The largest absolute Gasteiger partial charge is 0.463 e. The number of benzene rings is 1. The molecule has 2 aromatic rings. The Morgan fingerprint density at radius 3 is 2.40 bits per heavy atom.